The van der Waals surface area contributed by atoms with E-state index in [2.05, 4.69) is 5.32 Å². The van der Waals surface area contributed by atoms with Crippen molar-refractivity contribution in [3.63, 3.8) is 0 Å². The summed E-state index contributed by atoms with van der Waals surface area (Å²) in [4.78, 5) is 35.0. The van der Waals surface area contributed by atoms with Crippen LogP contribution in [-0.2, 0) is 27.2 Å². The molecule has 0 spiro atoms. The van der Waals surface area contributed by atoms with Crippen molar-refractivity contribution in [3.8, 4) is 5.75 Å². The Balaban J connectivity index is 1.92. The van der Waals surface area contributed by atoms with Crippen LogP contribution in [0.4, 0.5) is 5.69 Å². The lowest BCUT2D eigenvalue weighted by molar-refractivity contribution is -0.120. The molecular weight excluding hydrogens is 360 g/mol. The molecule has 0 fully saturated rings. The quantitative estimate of drug-likeness (QED) is 0.646. The summed E-state index contributed by atoms with van der Waals surface area (Å²) < 4.78 is 10.2. The first-order valence-electron chi connectivity index (χ1n) is 9.03. The number of rotatable bonds is 9. The molecular formula is C21H24N2O5. The van der Waals surface area contributed by atoms with E-state index < -0.39 is 17.8 Å². The van der Waals surface area contributed by atoms with E-state index in [-0.39, 0.29) is 18.8 Å². The van der Waals surface area contributed by atoms with Crippen molar-refractivity contribution in [2.45, 2.75) is 26.7 Å². The summed E-state index contributed by atoms with van der Waals surface area (Å²) in [6, 6.07) is 11.9. The van der Waals surface area contributed by atoms with Crippen molar-refractivity contribution in [2.24, 2.45) is 5.73 Å². The maximum atomic E-state index is 12.2. The molecule has 0 unspecified atom stereocenters. The Bertz CT molecular complexity index is 824. The molecule has 0 aliphatic heterocycles. The van der Waals surface area contributed by atoms with Crippen LogP contribution in [0, 0.1) is 0 Å². The summed E-state index contributed by atoms with van der Waals surface area (Å²) in [5.74, 6) is -1.22. The van der Waals surface area contributed by atoms with Gasteiger partial charge in [-0.3, -0.25) is 9.59 Å². The molecule has 0 atom stereocenters. The SMILES string of the molecule is CCc1cccc(CC)c1NC(=O)COC(=O)c1ccc(OCC(N)=O)cc1. The fourth-order valence-electron chi connectivity index (χ4n) is 2.63. The molecule has 0 bridgehead atoms. The molecule has 0 aromatic heterocycles. The first kappa shape index (κ1) is 21.0. The number of anilines is 1. The standard InChI is InChI=1S/C21H24N2O5/c1-3-14-6-5-7-15(4-2)20(14)23-19(25)13-28-21(26)16-8-10-17(11-9-16)27-12-18(22)24/h5-11H,3-4,12-13H2,1-2H3,(H2,22,24)(H,23,25). The lowest BCUT2D eigenvalue weighted by atomic mass is 10.0. The number of hydrogen-bond donors (Lipinski definition) is 2. The fraction of sp³-hybridized carbons (Fsp3) is 0.286. The monoisotopic (exact) mass is 384 g/mol. The number of carbonyl (C=O) groups is 3. The van der Waals surface area contributed by atoms with Gasteiger partial charge in [-0.05, 0) is 48.2 Å². The van der Waals surface area contributed by atoms with Crippen molar-refractivity contribution >= 4 is 23.5 Å². The maximum absolute atomic E-state index is 12.2. The molecule has 148 valence electrons. The summed E-state index contributed by atoms with van der Waals surface area (Å²) in [5.41, 5.74) is 8.12. The second-order valence-electron chi connectivity index (χ2n) is 6.06. The van der Waals surface area contributed by atoms with E-state index in [1.54, 1.807) is 0 Å². The highest BCUT2D eigenvalue weighted by Crippen LogP contribution is 2.22. The van der Waals surface area contributed by atoms with E-state index in [1.807, 2.05) is 32.0 Å². The first-order chi connectivity index (χ1) is 13.4. The van der Waals surface area contributed by atoms with Gasteiger partial charge in [-0.2, -0.15) is 0 Å². The van der Waals surface area contributed by atoms with Gasteiger partial charge in [-0.15, -0.1) is 0 Å². The molecule has 2 aromatic rings. The van der Waals surface area contributed by atoms with Crippen molar-refractivity contribution in [2.75, 3.05) is 18.5 Å². The Labute approximate surface area is 163 Å². The number of ether oxygens (including phenoxy) is 2. The summed E-state index contributed by atoms with van der Waals surface area (Å²) in [5, 5.41) is 2.84. The van der Waals surface area contributed by atoms with Crippen molar-refractivity contribution in [3.05, 3.63) is 59.2 Å². The number of primary amides is 1. The van der Waals surface area contributed by atoms with E-state index >= 15 is 0 Å². The van der Waals surface area contributed by atoms with Gasteiger partial charge in [0, 0.05) is 5.69 Å². The molecule has 28 heavy (non-hydrogen) atoms. The van der Waals surface area contributed by atoms with Crippen LogP contribution in [0.2, 0.25) is 0 Å². The molecule has 0 saturated carbocycles. The number of aryl methyl sites for hydroxylation is 2. The number of esters is 1. The van der Waals surface area contributed by atoms with E-state index in [9.17, 15) is 14.4 Å². The summed E-state index contributed by atoms with van der Waals surface area (Å²) in [6.07, 6.45) is 1.57. The molecule has 3 N–H and O–H groups in total. The van der Waals surface area contributed by atoms with Gasteiger partial charge >= 0.3 is 5.97 Å². The lowest BCUT2D eigenvalue weighted by Crippen LogP contribution is -2.22. The summed E-state index contributed by atoms with van der Waals surface area (Å²) in [7, 11) is 0. The zero-order valence-corrected chi connectivity index (χ0v) is 16.0. The zero-order chi connectivity index (χ0) is 20.5. The van der Waals surface area contributed by atoms with Gasteiger partial charge in [-0.1, -0.05) is 32.0 Å². The number of amides is 2. The Morgan fingerprint density at radius 2 is 1.54 bits per heavy atom. The number of para-hydroxylation sites is 1. The van der Waals surface area contributed by atoms with Crippen LogP contribution in [-0.4, -0.2) is 31.0 Å². The minimum absolute atomic E-state index is 0.247. The number of nitrogens with two attached hydrogens (primary N) is 1. The highest BCUT2D eigenvalue weighted by atomic mass is 16.5. The van der Waals surface area contributed by atoms with Gasteiger partial charge in [-0.25, -0.2) is 4.79 Å². The average molecular weight is 384 g/mol. The molecule has 0 aliphatic rings. The number of hydrogen-bond acceptors (Lipinski definition) is 5. The summed E-state index contributed by atoms with van der Waals surface area (Å²) >= 11 is 0. The van der Waals surface area contributed by atoms with Crippen LogP contribution in [0.25, 0.3) is 0 Å². The molecule has 0 heterocycles. The summed E-state index contributed by atoms with van der Waals surface area (Å²) in [6.45, 7) is 3.39. The van der Waals surface area contributed by atoms with E-state index in [0.717, 1.165) is 29.7 Å². The predicted molar refractivity (Wildman–Crippen MR) is 105 cm³/mol. The largest absolute Gasteiger partial charge is 0.484 e. The van der Waals surface area contributed by atoms with Crippen LogP contribution in [0.3, 0.4) is 0 Å². The molecule has 7 heteroatoms. The third-order valence-electron chi connectivity index (χ3n) is 4.07. The number of carbonyl (C=O) groups excluding carboxylic acids is 3. The number of nitrogens with one attached hydrogen (secondary N) is 1. The molecule has 0 radical (unpaired) electrons. The van der Waals surface area contributed by atoms with Gasteiger partial charge in [0.05, 0.1) is 5.56 Å². The zero-order valence-electron chi connectivity index (χ0n) is 16.0. The Morgan fingerprint density at radius 1 is 0.929 bits per heavy atom. The Kier molecular flexibility index (Phi) is 7.56. The van der Waals surface area contributed by atoms with Gasteiger partial charge in [0.15, 0.2) is 13.2 Å². The minimum Gasteiger partial charge on any atom is -0.484 e. The maximum Gasteiger partial charge on any atom is 0.338 e. The van der Waals surface area contributed by atoms with E-state index in [0.29, 0.717) is 5.75 Å². The minimum atomic E-state index is -0.629. The van der Waals surface area contributed by atoms with Crippen molar-refractivity contribution in [1.82, 2.24) is 0 Å². The third-order valence-corrected chi connectivity index (χ3v) is 4.07. The predicted octanol–water partition coefficient (Wildman–Crippen LogP) is 2.47. The first-order valence-corrected chi connectivity index (χ1v) is 9.03. The van der Waals surface area contributed by atoms with Crippen molar-refractivity contribution < 1.29 is 23.9 Å². The molecule has 0 aliphatic carbocycles. The van der Waals surface area contributed by atoms with Crippen molar-refractivity contribution in [1.29, 1.82) is 0 Å². The van der Waals surface area contributed by atoms with Gasteiger partial charge in [0.25, 0.3) is 11.8 Å². The second kappa shape index (κ2) is 10.1. The number of benzene rings is 2. The normalized spacial score (nSPS) is 10.2. The van der Waals surface area contributed by atoms with Crippen LogP contribution in [0.15, 0.2) is 42.5 Å². The topological polar surface area (TPSA) is 108 Å². The average Bonchev–Trinajstić information content (AvgIpc) is 2.71. The molecule has 2 aromatic carbocycles. The Morgan fingerprint density at radius 3 is 2.07 bits per heavy atom. The van der Waals surface area contributed by atoms with Gasteiger partial charge < -0.3 is 20.5 Å². The smallest absolute Gasteiger partial charge is 0.338 e. The van der Waals surface area contributed by atoms with Crippen LogP contribution in [0.1, 0.15) is 35.3 Å². The molecule has 2 amide bonds. The highest BCUT2D eigenvalue weighted by molar-refractivity contribution is 5.96. The van der Waals surface area contributed by atoms with E-state index in [1.165, 1.54) is 24.3 Å². The molecule has 0 saturated heterocycles. The second-order valence-corrected chi connectivity index (χ2v) is 6.06. The van der Waals surface area contributed by atoms with Crippen LogP contribution < -0.4 is 15.8 Å². The molecule has 7 nitrogen and oxygen atoms in total. The fourth-order valence-corrected chi connectivity index (χ4v) is 2.63. The highest BCUT2D eigenvalue weighted by Gasteiger charge is 2.13. The molecule has 2 rings (SSSR count). The van der Waals surface area contributed by atoms with Crippen LogP contribution >= 0.6 is 0 Å². The van der Waals surface area contributed by atoms with Crippen LogP contribution in [0.5, 0.6) is 5.75 Å². The third kappa shape index (κ3) is 5.84. The van der Waals surface area contributed by atoms with E-state index in [4.69, 9.17) is 15.2 Å². The Hall–Kier alpha value is -3.35. The lowest BCUT2D eigenvalue weighted by Gasteiger charge is -2.14. The van der Waals surface area contributed by atoms with Gasteiger partial charge in [0.1, 0.15) is 5.75 Å². The van der Waals surface area contributed by atoms with Gasteiger partial charge in [0.2, 0.25) is 0 Å².